The van der Waals surface area contributed by atoms with Crippen LogP contribution in [0.25, 0.3) is 87.3 Å². The molecular weight excluding hydrogens is 801 g/mol. The SMILES string of the molecule is CC1(C)c2ccccc2-c2ccc(N(c3ccc4ccc5c(N(c6ccccc6)c6ccccc6-c6ccccc6)ccc6ccc3c4c65)c3ccc4ccc5cccc6oc3c4c56)cc21. The standard InChI is InChI=1S/C63H42N2O/c1-63(2)51-21-11-9-20-47(51)48-34-31-45(38-52(48)63)65(56-37-30-43-25-24-40-16-13-23-57-60(40)61(43)62(56)66-57)55-36-29-42-26-32-49-54(35-28-41-27-33-50(55)59(42)58(41)49)64(44-17-7-4-8-18-44)53-22-12-10-19-46(53)39-14-5-3-6-15-39/h3-38H,1-2H3. The van der Waals surface area contributed by atoms with Crippen molar-refractivity contribution in [2.24, 2.45) is 0 Å². The third-order valence-electron chi connectivity index (χ3n) is 14.5. The van der Waals surface area contributed by atoms with Gasteiger partial charge in [0.1, 0.15) is 5.58 Å². The van der Waals surface area contributed by atoms with Crippen LogP contribution in [0.3, 0.4) is 0 Å². The molecule has 310 valence electrons. The summed E-state index contributed by atoms with van der Waals surface area (Å²) in [6.45, 7) is 4.73. The Balaban J connectivity index is 1.04. The molecule has 0 radical (unpaired) electrons. The Labute approximate surface area is 382 Å². The molecule has 0 fully saturated rings. The summed E-state index contributed by atoms with van der Waals surface area (Å²) in [5.74, 6) is 0. The molecule has 1 aliphatic rings. The average molecular weight is 843 g/mol. The fraction of sp³-hybridized carbons (Fsp3) is 0.0476. The lowest BCUT2D eigenvalue weighted by atomic mass is 9.82. The van der Waals surface area contributed by atoms with Gasteiger partial charge in [-0.1, -0.05) is 178 Å². The predicted octanol–water partition coefficient (Wildman–Crippen LogP) is 18.0. The molecule has 0 saturated heterocycles. The van der Waals surface area contributed by atoms with E-state index in [9.17, 15) is 0 Å². The molecule has 3 heteroatoms. The van der Waals surface area contributed by atoms with Crippen LogP contribution in [-0.2, 0) is 5.41 Å². The number of hydrogen-bond acceptors (Lipinski definition) is 3. The summed E-state index contributed by atoms with van der Waals surface area (Å²) in [6, 6.07) is 80.2. The van der Waals surface area contributed by atoms with Crippen LogP contribution < -0.4 is 9.80 Å². The smallest absolute Gasteiger partial charge is 0.160 e. The molecule has 0 atom stereocenters. The van der Waals surface area contributed by atoms with Crippen molar-refractivity contribution in [2.45, 2.75) is 19.3 Å². The van der Waals surface area contributed by atoms with Crippen LogP contribution in [0.15, 0.2) is 223 Å². The minimum Gasteiger partial charge on any atom is -0.454 e. The quantitative estimate of drug-likeness (QED) is 0.149. The largest absolute Gasteiger partial charge is 0.454 e. The van der Waals surface area contributed by atoms with E-state index in [0.29, 0.717) is 0 Å². The number of rotatable bonds is 7. The van der Waals surface area contributed by atoms with E-state index < -0.39 is 0 Å². The van der Waals surface area contributed by atoms with E-state index >= 15 is 0 Å². The first-order valence-corrected chi connectivity index (χ1v) is 22.9. The van der Waals surface area contributed by atoms with Crippen LogP contribution in [0.1, 0.15) is 25.0 Å². The lowest BCUT2D eigenvalue weighted by Crippen LogP contribution is -2.16. The molecule has 0 N–H and O–H groups in total. The van der Waals surface area contributed by atoms with E-state index in [-0.39, 0.29) is 5.41 Å². The number of benzene rings is 12. The van der Waals surface area contributed by atoms with Crippen molar-refractivity contribution in [3.05, 3.63) is 230 Å². The molecule has 1 heterocycles. The summed E-state index contributed by atoms with van der Waals surface area (Å²) < 4.78 is 7.00. The second-order valence-corrected chi connectivity index (χ2v) is 18.4. The molecule has 12 aromatic carbocycles. The zero-order valence-corrected chi connectivity index (χ0v) is 36.6. The van der Waals surface area contributed by atoms with Crippen molar-refractivity contribution in [1.29, 1.82) is 0 Å². The van der Waals surface area contributed by atoms with Gasteiger partial charge in [-0.15, -0.1) is 0 Å². The number of hydrogen-bond donors (Lipinski definition) is 0. The Bertz CT molecular complexity index is 4030. The number of furan rings is 1. The molecule has 0 bridgehead atoms. The van der Waals surface area contributed by atoms with E-state index in [4.69, 9.17) is 4.42 Å². The van der Waals surface area contributed by atoms with E-state index in [1.165, 1.54) is 87.2 Å². The highest BCUT2D eigenvalue weighted by Gasteiger charge is 2.36. The summed E-state index contributed by atoms with van der Waals surface area (Å²) in [7, 11) is 0. The monoisotopic (exact) mass is 842 g/mol. The fourth-order valence-electron chi connectivity index (χ4n) is 11.5. The zero-order valence-electron chi connectivity index (χ0n) is 36.6. The maximum absolute atomic E-state index is 7.00. The van der Waals surface area contributed by atoms with Crippen molar-refractivity contribution >= 4 is 99.2 Å². The van der Waals surface area contributed by atoms with Crippen LogP contribution in [0.5, 0.6) is 0 Å². The molecule has 66 heavy (non-hydrogen) atoms. The van der Waals surface area contributed by atoms with Crippen molar-refractivity contribution in [1.82, 2.24) is 0 Å². The van der Waals surface area contributed by atoms with Crippen LogP contribution in [0.4, 0.5) is 34.1 Å². The highest BCUT2D eigenvalue weighted by atomic mass is 16.3. The van der Waals surface area contributed by atoms with Crippen LogP contribution in [0.2, 0.25) is 0 Å². The Morgan fingerprint density at radius 3 is 1.62 bits per heavy atom. The highest BCUT2D eigenvalue weighted by Crippen LogP contribution is 2.54. The first kappa shape index (κ1) is 37.0. The lowest BCUT2D eigenvalue weighted by molar-refractivity contribution is 0.660. The Kier molecular flexibility index (Phi) is 7.74. The van der Waals surface area contributed by atoms with Crippen LogP contribution in [-0.4, -0.2) is 0 Å². The van der Waals surface area contributed by atoms with Crippen molar-refractivity contribution in [2.75, 3.05) is 9.80 Å². The minimum absolute atomic E-state index is 0.171. The maximum Gasteiger partial charge on any atom is 0.160 e. The summed E-state index contributed by atoms with van der Waals surface area (Å²) in [5, 5.41) is 12.0. The van der Waals surface area contributed by atoms with Gasteiger partial charge in [0.15, 0.2) is 5.58 Å². The van der Waals surface area contributed by atoms with Crippen molar-refractivity contribution < 1.29 is 4.42 Å². The van der Waals surface area contributed by atoms with E-state index in [2.05, 4.69) is 242 Å². The van der Waals surface area contributed by atoms with Gasteiger partial charge in [-0.25, -0.2) is 0 Å². The first-order valence-electron chi connectivity index (χ1n) is 22.9. The average Bonchev–Trinajstić information content (AvgIpc) is 3.88. The van der Waals surface area contributed by atoms with Crippen LogP contribution >= 0.6 is 0 Å². The zero-order chi connectivity index (χ0) is 43.7. The second kappa shape index (κ2) is 13.8. The third kappa shape index (κ3) is 5.20. The minimum atomic E-state index is -0.171. The van der Waals surface area contributed by atoms with Gasteiger partial charge in [-0.2, -0.15) is 0 Å². The highest BCUT2D eigenvalue weighted by molar-refractivity contribution is 6.29. The van der Waals surface area contributed by atoms with Gasteiger partial charge in [-0.05, 0) is 115 Å². The molecule has 0 spiro atoms. The summed E-state index contributed by atoms with van der Waals surface area (Å²) in [6.07, 6.45) is 0. The summed E-state index contributed by atoms with van der Waals surface area (Å²) in [5.41, 5.74) is 15.9. The van der Waals surface area contributed by atoms with Gasteiger partial charge in [0.25, 0.3) is 0 Å². The first-order chi connectivity index (χ1) is 32.5. The Morgan fingerprint density at radius 1 is 0.348 bits per heavy atom. The predicted molar refractivity (Wildman–Crippen MR) is 278 cm³/mol. The second-order valence-electron chi connectivity index (χ2n) is 18.4. The summed E-state index contributed by atoms with van der Waals surface area (Å²) >= 11 is 0. The lowest BCUT2D eigenvalue weighted by Gasteiger charge is -2.31. The normalized spacial score (nSPS) is 13.1. The molecule has 13 aromatic rings. The fourth-order valence-corrected chi connectivity index (χ4v) is 11.5. The van der Waals surface area contributed by atoms with Gasteiger partial charge in [0.05, 0.1) is 22.7 Å². The Morgan fingerprint density at radius 2 is 0.894 bits per heavy atom. The van der Waals surface area contributed by atoms with E-state index in [0.717, 1.165) is 45.3 Å². The molecule has 1 aromatic heterocycles. The molecule has 3 nitrogen and oxygen atoms in total. The van der Waals surface area contributed by atoms with E-state index in [1.807, 2.05) is 0 Å². The van der Waals surface area contributed by atoms with E-state index in [1.54, 1.807) is 0 Å². The molecule has 0 saturated carbocycles. The number of anilines is 6. The topological polar surface area (TPSA) is 19.6 Å². The molecule has 14 rings (SSSR count). The van der Waals surface area contributed by atoms with Gasteiger partial charge in [0, 0.05) is 43.9 Å². The number of para-hydroxylation sites is 2. The third-order valence-corrected chi connectivity index (χ3v) is 14.5. The van der Waals surface area contributed by atoms with Crippen molar-refractivity contribution in [3.63, 3.8) is 0 Å². The Hall–Kier alpha value is -8.40. The van der Waals surface area contributed by atoms with Crippen molar-refractivity contribution in [3.8, 4) is 22.3 Å². The molecular formula is C63H42N2O. The van der Waals surface area contributed by atoms with Gasteiger partial charge >= 0.3 is 0 Å². The molecule has 0 unspecified atom stereocenters. The molecule has 1 aliphatic carbocycles. The van der Waals surface area contributed by atoms with Gasteiger partial charge in [0.2, 0.25) is 0 Å². The number of nitrogens with zero attached hydrogens (tertiary/aromatic N) is 2. The summed E-state index contributed by atoms with van der Waals surface area (Å²) in [4.78, 5) is 4.91. The van der Waals surface area contributed by atoms with Crippen LogP contribution in [0, 0.1) is 0 Å². The molecule has 0 amide bonds. The maximum atomic E-state index is 7.00. The van der Waals surface area contributed by atoms with Gasteiger partial charge < -0.3 is 14.2 Å². The molecule has 0 aliphatic heterocycles. The number of fused-ring (bicyclic) bond motifs is 3. The van der Waals surface area contributed by atoms with Gasteiger partial charge in [-0.3, -0.25) is 0 Å².